The highest BCUT2D eigenvalue weighted by atomic mass is 16.5. The minimum Gasteiger partial charge on any atom is -0.497 e. The summed E-state index contributed by atoms with van der Waals surface area (Å²) in [7, 11) is 1.52. The summed E-state index contributed by atoms with van der Waals surface area (Å²) in [6.45, 7) is 0.488. The standard InChI is InChI=1S/C11H15NO4/c1-15-9-4-2-3-8(7-9)10(11(13)14)16-6-5-12/h2-4,7,10H,5-6,12H2,1H3,(H,13,14). The third-order valence-corrected chi connectivity index (χ3v) is 2.02. The zero-order valence-corrected chi connectivity index (χ0v) is 9.05. The Balaban J connectivity index is 2.87. The summed E-state index contributed by atoms with van der Waals surface area (Å²) in [5.41, 5.74) is 5.81. The zero-order valence-electron chi connectivity index (χ0n) is 9.05. The van der Waals surface area contributed by atoms with Crippen LogP contribution in [0.25, 0.3) is 0 Å². The van der Waals surface area contributed by atoms with Gasteiger partial charge in [-0.05, 0) is 17.7 Å². The first-order chi connectivity index (χ1) is 7.69. The van der Waals surface area contributed by atoms with Crippen molar-refractivity contribution in [1.29, 1.82) is 0 Å². The first-order valence-corrected chi connectivity index (χ1v) is 4.87. The predicted molar refractivity (Wildman–Crippen MR) is 58.4 cm³/mol. The highest BCUT2D eigenvalue weighted by Crippen LogP contribution is 2.22. The molecule has 5 nitrogen and oxygen atoms in total. The van der Waals surface area contributed by atoms with E-state index in [4.69, 9.17) is 20.3 Å². The maximum absolute atomic E-state index is 11.0. The van der Waals surface area contributed by atoms with E-state index in [-0.39, 0.29) is 13.2 Å². The lowest BCUT2D eigenvalue weighted by atomic mass is 10.1. The number of rotatable bonds is 6. The van der Waals surface area contributed by atoms with Gasteiger partial charge in [-0.1, -0.05) is 12.1 Å². The van der Waals surface area contributed by atoms with Crippen LogP contribution >= 0.6 is 0 Å². The van der Waals surface area contributed by atoms with Crippen LogP contribution in [0.2, 0.25) is 0 Å². The molecule has 3 N–H and O–H groups in total. The molecule has 0 aliphatic rings. The fourth-order valence-electron chi connectivity index (χ4n) is 1.30. The Morgan fingerprint density at radius 3 is 2.88 bits per heavy atom. The summed E-state index contributed by atoms with van der Waals surface area (Å²) in [6, 6.07) is 6.77. The number of carboxylic acids is 1. The molecule has 0 bridgehead atoms. The monoisotopic (exact) mass is 225 g/mol. The van der Waals surface area contributed by atoms with Crippen LogP contribution in [-0.4, -0.2) is 31.3 Å². The molecule has 0 fully saturated rings. The van der Waals surface area contributed by atoms with Crippen LogP contribution in [0, 0.1) is 0 Å². The molecule has 16 heavy (non-hydrogen) atoms. The molecule has 1 aromatic rings. The largest absolute Gasteiger partial charge is 0.497 e. The van der Waals surface area contributed by atoms with E-state index in [0.29, 0.717) is 11.3 Å². The lowest BCUT2D eigenvalue weighted by Gasteiger charge is -2.14. The molecule has 0 heterocycles. The smallest absolute Gasteiger partial charge is 0.337 e. The molecule has 0 saturated heterocycles. The highest BCUT2D eigenvalue weighted by Gasteiger charge is 2.20. The highest BCUT2D eigenvalue weighted by molar-refractivity contribution is 5.74. The van der Waals surface area contributed by atoms with Gasteiger partial charge in [-0.25, -0.2) is 4.79 Å². The predicted octanol–water partition coefficient (Wildman–Crippen LogP) is 0.796. The number of aliphatic carboxylic acids is 1. The Hall–Kier alpha value is -1.59. The maximum atomic E-state index is 11.0. The van der Waals surface area contributed by atoms with E-state index in [1.54, 1.807) is 24.3 Å². The van der Waals surface area contributed by atoms with Crippen LogP contribution in [-0.2, 0) is 9.53 Å². The van der Waals surface area contributed by atoms with Gasteiger partial charge >= 0.3 is 5.97 Å². The molecule has 1 rings (SSSR count). The fraction of sp³-hybridized carbons (Fsp3) is 0.364. The molecule has 0 spiro atoms. The van der Waals surface area contributed by atoms with Crippen molar-refractivity contribution in [2.75, 3.05) is 20.3 Å². The summed E-state index contributed by atoms with van der Waals surface area (Å²) in [4.78, 5) is 11.0. The van der Waals surface area contributed by atoms with E-state index >= 15 is 0 Å². The molecule has 1 atom stereocenters. The van der Waals surface area contributed by atoms with Crippen LogP contribution < -0.4 is 10.5 Å². The van der Waals surface area contributed by atoms with Crippen molar-refractivity contribution in [3.8, 4) is 5.75 Å². The van der Waals surface area contributed by atoms with Gasteiger partial charge in [0.25, 0.3) is 0 Å². The molecule has 88 valence electrons. The van der Waals surface area contributed by atoms with E-state index < -0.39 is 12.1 Å². The molecule has 0 radical (unpaired) electrons. The number of carbonyl (C=O) groups is 1. The van der Waals surface area contributed by atoms with Gasteiger partial charge in [0.15, 0.2) is 6.10 Å². The average Bonchev–Trinajstić information content (AvgIpc) is 2.29. The van der Waals surface area contributed by atoms with Gasteiger partial charge < -0.3 is 20.3 Å². The van der Waals surface area contributed by atoms with Gasteiger partial charge in [-0.15, -0.1) is 0 Å². The number of ether oxygens (including phenoxy) is 2. The second-order valence-electron chi connectivity index (χ2n) is 3.15. The van der Waals surface area contributed by atoms with E-state index in [2.05, 4.69) is 0 Å². The summed E-state index contributed by atoms with van der Waals surface area (Å²) in [5.74, 6) is -0.443. The van der Waals surface area contributed by atoms with Crippen LogP contribution in [0.15, 0.2) is 24.3 Å². The number of hydrogen-bond donors (Lipinski definition) is 2. The van der Waals surface area contributed by atoms with Crippen molar-refractivity contribution in [3.05, 3.63) is 29.8 Å². The third-order valence-electron chi connectivity index (χ3n) is 2.02. The Labute approximate surface area is 93.8 Å². The van der Waals surface area contributed by atoms with Crippen molar-refractivity contribution in [1.82, 2.24) is 0 Å². The fourth-order valence-corrected chi connectivity index (χ4v) is 1.30. The van der Waals surface area contributed by atoms with Crippen LogP contribution in [0.1, 0.15) is 11.7 Å². The second-order valence-corrected chi connectivity index (χ2v) is 3.15. The molecule has 1 unspecified atom stereocenters. The van der Waals surface area contributed by atoms with Gasteiger partial charge in [0, 0.05) is 6.54 Å². The van der Waals surface area contributed by atoms with Crippen molar-refractivity contribution < 1.29 is 19.4 Å². The summed E-state index contributed by atoms with van der Waals surface area (Å²) in [6.07, 6.45) is -1.00. The lowest BCUT2D eigenvalue weighted by Crippen LogP contribution is -2.19. The van der Waals surface area contributed by atoms with Crippen LogP contribution in [0.4, 0.5) is 0 Å². The average molecular weight is 225 g/mol. The van der Waals surface area contributed by atoms with E-state index in [1.807, 2.05) is 0 Å². The first kappa shape index (κ1) is 12.5. The maximum Gasteiger partial charge on any atom is 0.337 e. The Bertz CT molecular complexity index is 354. The molecule has 0 amide bonds. The molecule has 0 saturated carbocycles. The quantitative estimate of drug-likeness (QED) is 0.748. The Morgan fingerprint density at radius 1 is 1.56 bits per heavy atom. The number of carboxylic acid groups (broad SMARTS) is 1. The van der Waals surface area contributed by atoms with Crippen molar-refractivity contribution in [2.24, 2.45) is 5.73 Å². The number of hydrogen-bond acceptors (Lipinski definition) is 4. The van der Waals surface area contributed by atoms with E-state index in [9.17, 15) is 4.79 Å². The van der Waals surface area contributed by atoms with Gasteiger partial charge in [0.05, 0.1) is 13.7 Å². The number of methoxy groups -OCH3 is 1. The Morgan fingerprint density at radius 2 is 2.31 bits per heavy atom. The molecule has 5 heteroatoms. The van der Waals surface area contributed by atoms with Crippen molar-refractivity contribution in [3.63, 3.8) is 0 Å². The van der Waals surface area contributed by atoms with Gasteiger partial charge in [-0.2, -0.15) is 0 Å². The topological polar surface area (TPSA) is 81.8 Å². The minimum atomic E-state index is -1.04. The minimum absolute atomic E-state index is 0.203. The van der Waals surface area contributed by atoms with E-state index in [1.165, 1.54) is 7.11 Å². The first-order valence-electron chi connectivity index (χ1n) is 4.87. The SMILES string of the molecule is COc1cccc(C(OCCN)C(=O)O)c1. The molecular weight excluding hydrogens is 210 g/mol. The van der Waals surface area contributed by atoms with E-state index in [0.717, 1.165) is 0 Å². The van der Waals surface area contributed by atoms with Gasteiger partial charge in [0.2, 0.25) is 0 Å². The summed E-state index contributed by atoms with van der Waals surface area (Å²) >= 11 is 0. The third kappa shape index (κ3) is 3.22. The van der Waals surface area contributed by atoms with Crippen molar-refractivity contribution in [2.45, 2.75) is 6.10 Å². The summed E-state index contributed by atoms with van der Waals surface area (Å²) in [5, 5.41) is 9.01. The molecular formula is C11H15NO4. The molecule has 0 aliphatic heterocycles. The van der Waals surface area contributed by atoms with Crippen molar-refractivity contribution >= 4 is 5.97 Å². The lowest BCUT2D eigenvalue weighted by molar-refractivity contribution is -0.150. The second kappa shape index (κ2) is 6.09. The molecule has 0 aromatic heterocycles. The number of nitrogens with two attached hydrogens (primary N) is 1. The van der Waals surface area contributed by atoms with Gasteiger partial charge in [0.1, 0.15) is 5.75 Å². The molecule has 1 aromatic carbocycles. The van der Waals surface area contributed by atoms with Crippen LogP contribution in [0.3, 0.4) is 0 Å². The number of benzene rings is 1. The van der Waals surface area contributed by atoms with Gasteiger partial charge in [-0.3, -0.25) is 0 Å². The molecule has 0 aliphatic carbocycles. The van der Waals surface area contributed by atoms with Crippen LogP contribution in [0.5, 0.6) is 5.75 Å². The normalized spacial score (nSPS) is 12.1. The summed E-state index contributed by atoms with van der Waals surface area (Å²) < 4.78 is 10.2. The Kier molecular flexibility index (Phi) is 4.75. The zero-order chi connectivity index (χ0) is 12.0.